The molecule has 3 heterocycles. The molecule has 1 aromatic heterocycles. The zero-order valence-corrected chi connectivity index (χ0v) is 18.3. The smallest absolute Gasteiger partial charge is 0.415 e. The Kier molecular flexibility index (Phi) is 6.65. The Morgan fingerprint density at radius 3 is 2.91 bits per heavy atom. The first kappa shape index (κ1) is 23.4. The third-order valence-electron chi connectivity index (χ3n) is 5.95. The number of rotatable bonds is 5. The van der Waals surface area contributed by atoms with Gasteiger partial charge in [-0.1, -0.05) is 6.07 Å². The van der Waals surface area contributed by atoms with Gasteiger partial charge in [-0.25, -0.2) is 9.18 Å². The van der Waals surface area contributed by atoms with Gasteiger partial charge in [-0.3, -0.25) is 14.9 Å². The number of nitro groups is 1. The molecular formula is C21H24FN5O7. The van der Waals surface area contributed by atoms with Gasteiger partial charge in [0.05, 0.1) is 18.6 Å². The lowest BCUT2D eigenvalue weighted by Gasteiger charge is -2.32. The third kappa shape index (κ3) is 4.39. The molecule has 1 amide bonds. The number of ether oxygens (including phenoxy) is 2. The number of amides is 1. The van der Waals surface area contributed by atoms with Crippen LogP contribution in [0.2, 0.25) is 0 Å². The summed E-state index contributed by atoms with van der Waals surface area (Å²) < 4.78 is 25.3. The van der Waals surface area contributed by atoms with E-state index < -0.39 is 39.7 Å². The van der Waals surface area contributed by atoms with E-state index in [4.69, 9.17) is 9.47 Å². The number of nitrogens with one attached hydrogen (secondary N) is 3. The number of carbonyl (C=O) groups is 1. The SMILES string of the molecule is COc1cccc(F)c1[C@@H]1CNc2c([nH]c(=O)c([N+](=O)[O-])c2OC(=O)N2CCNC(CO)C2)C1. The van der Waals surface area contributed by atoms with Crippen molar-refractivity contribution >= 4 is 17.5 Å². The summed E-state index contributed by atoms with van der Waals surface area (Å²) in [6.07, 6.45) is -0.756. The number of anilines is 1. The number of carbonyl (C=O) groups excluding carboxylic acids is 1. The molecular weight excluding hydrogens is 453 g/mol. The van der Waals surface area contributed by atoms with Gasteiger partial charge in [0, 0.05) is 49.4 Å². The molecule has 0 radical (unpaired) electrons. The lowest BCUT2D eigenvalue weighted by molar-refractivity contribution is -0.387. The van der Waals surface area contributed by atoms with Crippen LogP contribution in [0, 0.1) is 15.9 Å². The summed E-state index contributed by atoms with van der Waals surface area (Å²) in [6, 6.07) is 4.07. The van der Waals surface area contributed by atoms with Crippen molar-refractivity contribution in [3.05, 3.63) is 55.7 Å². The van der Waals surface area contributed by atoms with Crippen LogP contribution in [0.1, 0.15) is 17.2 Å². The third-order valence-corrected chi connectivity index (χ3v) is 5.95. The molecule has 2 aliphatic heterocycles. The van der Waals surface area contributed by atoms with Crippen LogP contribution in [0.5, 0.6) is 11.5 Å². The second kappa shape index (κ2) is 9.65. The van der Waals surface area contributed by atoms with Crippen molar-refractivity contribution in [1.82, 2.24) is 15.2 Å². The standard InChI is InChI=1S/C21H24FN5O7/c1-33-15-4-2-3-13(22)16(15)11-7-14-17(24-8-11)19(18(27(31)32)20(29)25-14)34-21(30)26-6-5-23-12(9-26)10-28/h2-4,11-12,23-24,28H,5-10H2,1H3,(H,25,29)/t11-,12?/m0/s1. The van der Waals surface area contributed by atoms with Crippen molar-refractivity contribution in [3.8, 4) is 11.5 Å². The van der Waals surface area contributed by atoms with E-state index in [-0.39, 0.29) is 50.1 Å². The molecule has 1 saturated heterocycles. The minimum Gasteiger partial charge on any atom is -0.496 e. The number of piperazine rings is 1. The zero-order chi connectivity index (χ0) is 24.4. The van der Waals surface area contributed by atoms with Crippen LogP contribution in [-0.4, -0.2) is 71.9 Å². The number of hydrogen-bond acceptors (Lipinski definition) is 9. The molecule has 1 aromatic carbocycles. The van der Waals surface area contributed by atoms with Crippen molar-refractivity contribution in [2.75, 3.05) is 45.2 Å². The number of halogens is 1. The highest BCUT2D eigenvalue weighted by molar-refractivity contribution is 5.78. The van der Waals surface area contributed by atoms with Crippen LogP contribution < -0.4 is 25.7 Å². The molecule has 0 bridgehead atoms. The van der Waals surface area contributed by atoms with Crippen LogP contribution in [0.4, 0.5) is 20.6 Å². The Bertz CT molecular complexity index is 1170. The van der Waals surface area contributed by atoms with E-state index in [1.165, 1.54) is 24.1 Å². The van der Waals surface area contributed by atoms with E-state index >= 15 is 0 Å². The molecule has 12 nitrogen and oxygen atoms in total. The maximum Gasteiger partial charge on any atom is 0.415 e. The van der Waals surface area contributed by atoms with Gasteiger partial charge in [0.15, 0.2) is 0 Å². The fourth-order valence-electron chi connectivity index (χ4n) is 4.33. The molecule has 2 atom stereocenters. The molecule has 0 aliphatic carbocycles. The predicted octanol–water partition coefficient (Wildman–Crippen LogP) is 0.947. The van der Waals surface area contributed by atoms with E-state index in [0.717, 1.165) is 0 Å². The summed E-state index contributed by atoms with van der Waals surface area (Å²) in [6.45, 7) is 0.750. The predicted molar refractivity (Wildman–Crippen MR) is 118 cm³/mol. The highest BCUT2D eigenvalue weighted by Crippen LogP contribution is 2.41. The highest BCUT2D eigenvalue weighted by atomic mass is 19.1. The number of H-pyrrole nitrogens is 1. The maximum atomic E-state index is 14.6. The van der Waals surface area contributed by atoms with E-state index in [1.54, 1.807) is 6.07 Å². The monoisotopic (exact) mass is 477 g/mol. The first-order valence-electron chi connectivity index (χ1n) is 10.6. The number of hydrogen-bond donors (Lipinski definition) is 4. The largest absolute Gasteiger partial charge is 0.496 e. The van der Waals surface area contributed by atoms with E-state index in [2.05, 4.69) is 15.6 Å². The average molecular weight is 477 g/mol. The lowest BCUT2D eigenvalue weighted by atomic mass is 9.89. The number of benzene rings is 1. The molecule has 4 rings (SSSR count). The summed E-state index contributed by atoms with van der Waals surface area (Å²) in [5.74, 6) is -1.10. The molecule has 4 N–H and O–H groups in total. The first-order chi connectivity index (χ1) is 16.3. The number of methoxy groups -OCH3 is 1. The van der Waals surface area contributed by atoms with Gasteiger partial charge < -0.3 is 35.1 Å². The molecule has 0 saturated carbocycles. The Balaban J connectivity index is 1.69. The van der Waals surface area contributed by atoms with Crippen molar-refractivity contribution in [3.63, 3.8) is 0 Å². The maximum absolute atomic E-state index is 14.6. The van der Waals surface area contributed by atoms with Gasteiger partial charge in [0.2, 0.25) is 5.75 Å². The number of pyridine rings is 1. The molecule has 1 unspecified atom stereocenters. The number of aromatic amines is 1. The molecule has 34 heavy (non-hydrogen) atoms. The molecule has 0 spiro atoms. The van der Waals surface area contributed by atoms with Crippen LogP contribution in [0.15, 0.2) is 23.0 Å². The fourth-order valence-corrected chi connectivity index (χ4v) is 4.33. The van der Waals surface area contributed by atoms with Gasteiger partial charge in [-0.15, -0.1) is 0 Å². The van der Waals surface area contributed by atoms with E-state index in [9.17, 15) is 29.2 Å². The van der Waals surface area contributed by atoms with Crippen LogP contribution in [-0.2, 0) is 6.42 Å². The van der Waals surface area contributed by atoms with Crippen LogP contribution in [0.3, 0.4) is 0 Å². The molecule has 1 fully saturated rings. The Hall–Kier alpha value is -3.71. The normalized spacial score (nSPS) is 19.7. The Morgan fingerprint density at radius 2 is 2.21 bits per heavy atom. The quantitative estimate of drug-likeness (QED) is 0.363. The van der Waals surface area contributed by atoms with Crippen LogP contribution in [0.25, 0.3) is 0 Å². The van der Waals surface area contributed by atoms with E-state index in [0.29, 0.717) is 17.9 Å². The van der Waals surface area contributed by atoms with Gasteiger partial charge in [0.25, 0.3) is 0 Å². The van der Waals surface area contributed by atoms with Crippen molar-refractivity contribution < 1.29 is 28.7 Å². The average Bonchev–Trinajstić information content (AvgIpc) is 2.83. The number of nitrogens with zero attached hydrogens (tertiary/aromatic N) is 2. The second-order valence-electron chi connectivity index (χ2n) is 8.03. The minimum atomic E-state index is -1.04. The van der Waals surface area contributed by atoms with Gasteiger partial charge in [0.1, 0.15) is 17.3 Å². The molecule has 2 aliphatic rings. The van der Waals surface area contributed by atoms with Crippen molar-refractivity contribution in [2.24, 2.45) is 0 Å². The van der Waals surface area contributed by atoms with Crippen molar-refractivity contribution in [1.29, 1.82) is 0 Å². The topological polar surface area (TPSA) is 159 Å². The number of aliphatic hydroxyl groups is 1. The number of fused-ring (bicyclic) bond motifs is 1. The minimum absolute atomic E-state index is 0.0973. The number of aromatic nitrogens is 1. The number of aliphatic hydroxyl groups excluding tert-OH is 1. The highest BCUT2D eigenvalue weighted by Gasteiger charge is 2.36. The summed E-state index contributed by atoms with van der Waals surface area (Å²) in [4.78, 5) is 39.8. The second-order valence-corrected chi connectivity index (χ2v) is 8.03. The van der Waals surface area contributed by atoms with Crippen LogP contribution >= 0.6 is 0 Å². The van der Waals surface area contributed by atoms with Gasteiger partial charge >= 0.3 is 17.3 Å². The lowest BCUT2D eigenvalue weighted by Crippen LogP contribution is -2.54. The Labute approximate surface area is 192 Å². The zero-order valence-electron chi connectivity index (χ0n) is 18.3. The van der Waals surface area contributed by atoms with Crippen molar-refractivity contribution in [2.45, 2.75) is 18.4 Å². The summed E-state index contributed by atoms with van der Waals surface area (Å²) in [5, 5.41) is 27.0. The molecule has 13 heteroatoms. The fraction of sp³-hybridized carbons (Fsp3) is 0.429. The molecule has 2 aromatic rings. The summed E-state index contributed by atoms with van der Waals surface area (Å²) in [5.41, 5.74) is -1.30. The molecule has 182 valence electrons. The van der Waals surface area contributed by atoms with Gasteiger partial charge in [-0.2, -0.15) is 0 Å². The van der Waals surface area contributed by atoms with E-state index in [1.807, 2.05) is 0 Å². The Morgan fingerprint density at radius 1 is 1.41 bits per heavy atom. The first-order valence-corrected chi connectivity index (χ1v) is 10.6. The summed E-state index contributed by atoms with van der Waals surface area (Å²) in [7, 11) is 1.42. The van der Waals surface area contributed by atoms with Gasteiger partial charge in [-0.05, 0) is 18.6 Å². The summed E-state index contributed by atoms with van der Waals surface area (Å²) >= 11 is 0.